The minimum absolute atomic E-state index is 0.631. The molecule has 4 nitrogen and oxygen atoms in total. The minimum atomic E-state index is 0.631. The molecule has 1 atom stereocenters. The van der Waals surface area contributed by atoms with Gasteiger partial charge in [0.2, 0.25) is 0 Å². The smallest absolute Gasteiger partial charge is 0.155 e. The van der Waals surface area contributed by atoms with Gasteiger partial charge in [0.15, 0.2) is 17.8 Å². The van der Waals surface area contributed by atoms with E-state index >= 15 is 0 Å². The lowest BCUT2D eigenvalue weighted by molar-refractivity contribution is 0.112. The van der Waals surface area contributed by atoms with Crippen molar-refractivity contribution in [1.29, 1.82) is 0 Å². The predicted molar refractivity (Wildman–Crippen MR) is 72.2 cm³/mol. The lowest BCUT2D eigenvalue weighted by Crippen LogP contribution is -2.13. The first-order valence-electron chi connectivity index (χ1n) is 6.27. The minimum Gasteiger partial charge on any atom is -0.298 e. The normalized spacial score (nSPS) is 20.1. The lowest BCUT2D eigenvalue weighted by atomic mass is 10.1. The fraction of sp³-hybridized carbons (Fsp3) is 0.462. The van der Waals surface area contributed by atoms with Crippen molar-refractivity contribution in [3.63, 3.8) is 0 Å². The van der Waals surface area contributed by atoms with Crippen molar-refractivity contribution in [3.05, 3.63) is 29.7 Å². The molecule has 0 N–H and O–H groups in total. The Bertz CT molecular complexity index is 560. The molecule has 0 saturated carbocycles. The third kappa shape index (κ3) is 2.41. The Hall–Kier alpha value is -1.36. The molecule has 1 fully saturated rings. The molecule has 2 aromatic heterocycles. The molecular formula is C13H15N3OS. The topological polar surface area (TPSA) is 47.3 Å². The quantitative estimate of drug-likeness (QED) is 0.796. The Morgan fingerprint density at radius 2 is 2.39 bits per heavy atom. The second-order valence-corrected chi connectivity index (χ2v) is 6.01. The maximum absolute atomic E-state index is 10.7. The van der Waals surface area contributed by atoms with Gasteiger partial charge in [-0.25, -0.2) is 9.50 Å². The molecule has 18 heavy (non-hydrogen) atoms. The van der Waals surface area contributed by atoms with Gasteiger partial charge in [0.05, 0.1) is 0 Å². The maximum atomic E-state index is 10.7. The van der Waals surface area contributed by atoms with Crippen LogP contribution < -0.4 is 0 Å². The monoisotopic (exact) mass is 261 g/mol. The van der Waals surface area contributed by atoms with Gasteiger partial charge in [0.1, 0.15) is 0 Å². The van der Waals surface area contributed by atoms with E-state index in [0.29, 0.717) is 10.8 Å². The summed E-state index contributed by atoms with van der Waals surface area (Å²) < 4.78 is 1.70. The summed E-state index contributed by atoms with van der Waals surface area (Å²) in [5.41, 5.74) is 1.45. The summed E-state index contributed by atoms with van der Waals surface area (Å²) in [5, 5.41) is 5.10. The van der Waals surface area contributed by atoms with Crippen molar-refractivity contribution in [2.24, 2.45) is 0 Å². The van der Waals surface area contributed by atoms with Gasteiger partial charge >= 0.3 is 0 Å². The van der Waals surface area contributed by atoms with Crippen LogP contribution in [0, 0.1) is 0 Å². The molecule has 0 aliphatic carbocycles. The molecule has 0 amide bonds. The lowest BCUT2D eigenvalue weighted by Gasteiger charge is -2.19. The Morgan fingerprint density at radius 1 is 1.44 bits per heavy atom. The summed E-state index contributed by atoms with van der Waals surface area (Å²) in [5.74, 6) is 2.14. The number of thioether (sulfide) groups is 1. The zero-order valence-electron chi connectivity index (χ0n) is 10.1. The molecule has 94 valence electrons. The predicted octanol–water partition coefficient (Wildman–Crippen LogP) is 2.37. The van der Waals surface area contributed by atoms with Crippen molar-refractivity contribution >= 4 is 23.7 Å². The van der Waals surface area contributed by atoms with Crippen LogP contribution in [-0.2, 0) is 6.42 Å². The van der Waals surface area contributed by atoms with Crippen LogP contribution in [0.3, 0.4) is 0 Å². The summed E-state index contributed by atoms with van der Waals surface area (Å²) in [6, 6.07) is 3.62. The van der Waals surface area contributed by atoms with E-state index in [4.69, 9.17) is 0 Å². The number of carbonyl (C=O) groups excluding carboxylic acids is 1. The summed E-state index contributed by atoms with van der Waals surface area (Å²) in [4.78, 5) is 15.2. The molecule has 3 rings (SSSR count). The Morgan fingerprint density at radius 3 is 3.17 bits per heavy atom. The van der Waals surface area contributed by atoms with E-state index in [-0.39, 0.29) is 0 Å². The van der Waals surface area contributed by atoms with Crippen LogP contribution in [-0.4, -0.2) is 31.9 Å². The highest BCUT2D eigenvalue weighted by molar-refractivity contribution is 7.99. The van der Waals surface area contributed by atoms with Crippen LogP contribution in [0.2, 0.25) is 0 Å². The first-order valence-corrected chi connectivity index (χ1v) is 7.32. The number of nitrogens with zero attached hydrogens (tertiary/aromatic N) is 3. The van der Waals surface area contributed by atoms with Gasteiger partial charge in [-0.05, 0) is 30.7 Å². The Labute approximate surface area is 110 Å². The van der Waals surface area contributed by atoms with Crippen LogP contribution in [0.5, 0.6) is 0 Å². The van der Waals surface area contributed by atoms with Crippen molar-refractivity contribution in [2.75, 3.05) is 5.75 Å². The third-order valence-corrected chi connectivity index (χ3v) is 4.62. The molecule has 5 heteroatoms. The number of pyridine rings is 1. The van der Waals surface area contributed by atoms with E-state index < -0.39 is 0 Å². The van der Waals surface area contributed by atoms with E-state index in [1.807, 2.05) is 17.8 Å². The molecule has 1 aliphatic rings. The van der Waals surface area contributed by atoms with Gasteiger partial charge in [0, 0.05) is 23.4 Å². The van der Waals surface area contributed by atoms with Crippen LogP contribution in [0.25, 0.3) is 5.65 Å². The SMILES string of the molecule is O=Cc1ccc2nc(CC3CCCCS3)nn2c1. The molecule has 0 spiro atoms. The van der Waals surface area contributed by atoms with Crippen LogP contribution in [0.1, 0.15) is 35.4 Å². The fourth-order valence-corrected chi connectivity index (χ4v) is 3.58. The van der Waals surface area contributed by atoms with Crippen molar-refractivity contribution in [1.82, 2.24) is 14.6 Å². The van der Waals surface area contributed by atoms with Gasteiger partial charge in [-0.3, -0.25) is 4.79 Å². The van der Waals surface area contributed by atoms with E-state index in [1.165, 1.54) is 25.0 Å². The van der Waals surface area contributed by atoms with Crippen LogP contribution in [0.4, 0.5) is 0 Å². The van der Waals surface area contributed by atoms with E-state index in [2.05, 4.69) is 10.1 Å². The van der Waals surface area contributed by atoms with E-state index in [1.54, 1.807) is 16.8 Å². The number of hydrogen-bond acceptors (Lipinski definition) is 4. The highest BCUT2D eigenvalue weighted by Crippen LogP contribution is 2.27. The Balaban J connectivity index is 1.81. The zero-order valence-corrected chi connectivity index (χ0v) is 10.9. The molecule has 1 unspecified atom stereocenters. The summed E-state index contributed by atoms with van der Waals surface area (Å²) in [7, 11) is 0. The highest BCUT2D eigenvalue weighted by Gasteiger charge is 2.16. The van der Waals surface area contributed by atoms with Crippen molar-refractivity contribution < 1.29 is 4.79 Å². The highest BCUT2D eigenvalue weighted by atomic mass is 32.2. The molecule has 0 aromatic carbocycles. The molecule has 2 aromatic rings. The van der Waals surface area contributed by atoms with Crippen molar-refractivity contribution in [3.8, 4) is 0 Å². The maximum Gasteiger partial charge on any atom is 0.155 e. The number of rotatable bonds is 3. The molecule has 0 radical (unpaired) electrons. The average Bonchev–Trinajstić information content (AvgIpc) is 2.80. The van der Waals surface area contributed by atoms with Crippen molar-refractivity contribution in [2.45, 2.75) is 30.9 Å². The molecular weight excluding hydrogens is 246 g/mol. The summed E-state index contributed by atoms with van der Waals surface area (Å²) >= 11 is 2.03. The first-order chi connectivity index (χ1) is 8.85. The van der Waals surface area contributed by atoms with Gasteiger partial charge in [-0.2, -0.15) is 16.9 Å². The molecule has 3 heterocycles. The van der Waals surface area contributed by atoms with E-state index in [9.17, 15) is 4.79 Å². The number of fused-ring (bicyclic) bond motifs is 1. The van der Waals surface area contributed by atoms with Gasteiger partial charge in [-0.1, -0.05) is 6.42 Å². The number of carbonyl (C=O) groups is 1. The van der Waals surface area contributed by atoms with Gasteiger partial charge < -0.3 is 0 Å². The number of aromatic nitrogens is 3. The molecule has 1 aliphatic heterocycles. The second-order valence-electron chi connectivity index (χ2n) is 4.60. The third-order valence-electron chi connectivity index (χ3n) is 3.22. The van der Waals surface area contributed by atoms with Crippen LogP contribution in [0.15, 0.2) is 18.3 Å². The second kappa shape index (κ2) is 5.10. The largest absolute Gasteiger partial charge is 0.298 e. The fourth-order valence-electron chi connectivity index (χ4n) is 2.27. The standard InChI is InChI=1S/C13H15N3OS/c17-9-10-4-5-13-14-12(15-16(13)8-10)7-11-3-1-2-6-18-11/h4-5,8-9,11H,1-3,6-7H2. The molecule has 0 bridgehead atoms. The summed E-state index contributed by atoms with van der Waals surface area (Å²) in [6.45, 7) is 0. The first kappa shape index (κ1) is 11.7. The Kier molecular flexibility index (Phi) is 3.32. The zero-order chi connectivity index (χ0) is 12.4. The number of hydrogen-bond donors (Lipinski definition) is 0. The summed E-state index contributed by atoms with van der Waals surface area (Å²) in [6.07, 6.45) is 7.41. The van der Waals surface area contributed by atoms with E-state index in [0.717, 1.165) is 24.2 Å². The average molecular weight is 261 g/mol. The molecule has 1 saturated heterocycles. The van der Waals surface area contributed by atoms with Gasteiger partial charge in [0.25, 0.3) is 0 Å². The van der Waals surface area contributed by atoms with Gasteiger partial charge in [-0.15, -0.1) is 0 Å². The van der Waals surface area contributed by atoms with Crippen LogP contribution >= 0.6 is 11.8 Å². The number of aldehydes is 1.